The van der Waals surface area contributed by atoms with Crippen LogP contribution in [0.2, 0.25) is 0 Å². The van der Waals surface area contributed by atoms with Gasteiger partial charge in [0.25, 0.3) is 0 Å². The summed E-state index contributed by atoms with van der Waals surface area (Å²) < 4.78 is 71.2. The van der Waals surface area contributed by atoms with Gasteiger partial charge in [0.15, 0.2) is 11.5 Å². The normalized spacial score (nSPS) is 16.3. The molecule has 1 aromatic carbocycles. The van der Waals surface area contributed by atoms with E-state index in [9.17, 15) is 22.0 Å². The van der Waals surface area contributed by atoms with Gasteiger partial charge in [0, 0.05) is 6.07 Å². The van der Waals surface area contributed by atoms with E-state index in [1.54, 1.807) is 5.16 Å². The van der Waals surface area contributed by atoms with Gasteiger partial charge in [0.1, 0.15) is 0 Å². The van der Waals surface area contributed by atoms with E-state index in [1.807, 2.05) is 0 Å². The van der Waals surface area contributed by atoms with Crippen molar-refractivity contribution in [2.24, 2.45) is 4.99 Å². The third-order valence-corrected chi connectivity index (χ3v) is 2.08. The van der Waals surface area contributed by atoms with Crippen LogP contribution in [0.25, 0.3) is 0 Å². The molecule has 0 atom stereocenters. The van der Waals surface area contributed by atoms with Crippen molar-refractivity contribution in [2.45, 2.75) is 12.5 Å². The standard InChI is InChI=1S/C9H2F5NO2S/c10-8(11,12)4-1-6-7(2-5(4)15-3-18)17-9(13,14)16-6/h1-2H. The van der Waals surface area contributed by atoms with Gasteiger partial charge < -0.3 is 9.47 Å². The molecular formula is C9H2F5NO2S. The molecular weight excluding hydrogens is 281 g/mol. The molecule has 0 unspecified atom stereocenters. The highest BCUT2D eigenvalue weighted by molar-refractivity contribution is 7.78. The molecule has 0 amide bonds. The second-order valence-electron chi connectivity index (χ2n) is 3.18. The summed E-state index contributed by atoms with van der Waals surface area (Å²) in [7, 11) is 0. The van der Waals surface area contributed by atoms with Crippen molar-refractivity contribution in [1.29, 1.82) is 0 Å². The monoisotopic (exact) mass is 283 g/mol. The molecule has 0 bridgehead atoms. The number of thiocarbonyl (C=S) groups is 1. The quantitative estimate of drug-likeness (QED) is 0.446. The summed E-state index contributed by atoms with van der Waals surface area (Å²) in [6.07, 6.45) is -8.79. The highest BCUT2D eigenvalue weighted by Crippen LogP contribution is 2.48. The molecule has 1 aromatic rings. The van der Waals surface area contributed by atoms with E-state index in [2.05, 4.69) is 26.7 Å². The zero-order chi connectivity index (χ0) is 13.6. The zero-order valence-corrected chi connectivity index (χ0v) is 9.03. The van der Waals surface area contributed by atoms with Gasteiger partial charge in [0.05, 0.1) is 16.4 Å². The van der Waals surface area contributed by atoms with Gasteiger partial charge in [-0.2, -0.15) is 18.2 Å². The third-order valence-electron chi connectivity index (χ3n) is 1.99. The maximum absolute atomic E-state index is 12.7. The minimum absolute atomic E-state index is 0.377. The average Bonchev–Trinajstić information content (AvgIpc) is 2.48. The van der Waals surface area contributed by atoms with E-state index in [4.69, 9.17) is 0 Å². The lowest BCUT2D eigenvalue weighted by atomic mass is 10.1. The molecule has 9 heteroatoms. The predicted molar refractivity (Wildman–Crippen MR) is 52.3 cm³/mol. The molecule has 18 heavy (non-hydrogen) atoms. The number of hydrogen-bond acceptors (Lipinski definition) is 4. The number of hydrogen-bond donors (Lipinski definition) is 0. The van der Waals surface area contributed by atoms with E-state index >= 15 is 0 Å². The smallest absolute Gasteiger partial charge is 0.395 e. The summed E-state index contributed by atoms with van der Waals surface area (Å²) >= 11 is 4.19. The lowest BCUT2D eigenvalue weighted by Crippen LogP contribution is -2.25. The maximum Gasteiger partial charge on any atom is 0.586 e. The van der Waals surface area contributed by atoms with E-state index < -0.39 is 35.2 Å². The average molecular weight is 283 g/mol. The first-order valence-electron chi connectivity index (χ1n) is 4.32. The van der Waals surface area contributed by atoms with Crippen molar-refractivity contribution in [1.82, 2.24) is 0 Å². The molecule has 2 rings (SSSR count). The van der Waals surface area contributed by atoms with Crippen LogP contribution in [0.5, 0.6) is 11.5 Å². The van der Waals surface area contributed by atoms with Crippen molar-refractivity contribution in [3.63, 3.8) is 0 Å². The Balaban J connectivity index is 2.60. The molecule has 0 fully saturated rings. The number of alkyl halides is 5. The third kappa shape index (κ3) is 2.27. The Hall–Kier alpha value is -1.73. The number of halogens is 5. The molecule has 0 aliphatic carbocycles. The van der Waals surface area contributed by atoms with Gasteiger partial charge in [0.2, 0.25) is 0 Å². The highest BCUT2D eigenvalue weighted by Gasteiger charge is 2.45. The molecule has 0 spiro atoms. The first-order chi connectivity index (χ1) is 8.23. The number of rotatable bonds is 1. The molecule has 1 aliphatic heterocycles. The van der Waals surface area contributed by atoms with Crippen molar-refractivity contribution in [3.05, 3.63) is 17.7 Å². The largest absolute Gasteiger partial charge is 0.586 e. The van der Waals surface area contributed by atoms with Gasteiger partial charge in [-0.15, -0.1) is 8.78 Å². The van der Waals surface area contributed by atoms with Crippen molar-refractivity contribution in [3.8, 4) is 11.5 Å². The number of fused-ring (bicyclic) bond motifs is 1. The van der Waals surface area contributed by atoms with Crippen LogP contribution in [0.3, 0.4) is 0 Å². The summed E-state index contributed by atoms with van der Waals surface area (Å²) in [5.74, 6) is -1.26. The fraction of sp³-hybridized carbons (Fsp3) is 0.222. The van der Waals surface area contributed by atoms with Gasteiger partial charge in [-0.3, -0.25) is 0 Å². The van der Waals surface area contributed by atoms with Crippen LogP contribution >= 0.6 is 12.2 Å². The first kappa shape index (κ1) is 12.7. The summed E-state index contributed by atoms with van der Waals surface area (Å²) in [5.41, 5.74) is -1.93. The van der Waals surface area contributed by atoms with Crippen LogP contribution in [0.15, 0.2) is 17.1 Å². The van der Waals surface area contributed by atoms with Crippen LogP contribution in [0.4, 0.5) is 27.6 Å². The van der Waals surface area contributed by atoms with Gasteiger partial charge in [-0.1, -0.05) is 0 Å². The molecule has 0 saturated heterocycles. The Kier molecular flexibility index (Phi) is 2.75. The second-order valence-corrected chi connectivity index (χ2v) is 3.37. The van der Waals surface area contributed by atoms with Gasteiger partial charge >= 0.3 is 12.5 Å². The van der Waals surface area contributed by atoms with Crippen LogP contribution in [0.1, 0.15) is 5.56 Å². The molecule has 0 N–H and O–H groups in total. The van der Waals surface area contributed by atoms with E-state index in [1.165, 1.54) is 0 Å². The number of benzene rings is 1. The van der Waals surface area contributed by atoms with Gasteiger partial charge in [-0.05, 0) is 18.3 Å². The molecule has 1 heterocycles. The van der Waals surface area contributed by atoms with E-state index in [0.29, 0.717) is 12.1 Å². The SMILES string of the molecule is FC1(F)Oc2cc(N=C=S)c(C(F)(F)F)cc2O1. The zero-order valence-electron chi connectivity index (χ0n) is 8.22. The highest BCUT2D eigenvalue weighted by atomic mass is 32.1. The second kappa shape index (κ2) is 3.89. The number of nitrogens with zero attached hydrogens (tertiary/aromatic N) is 1. The number of ether oxygens (including phenoxy) is 2. The fourth-order valence-electron chi connectivity index (χ4n) is 1.35. The van der Waals surface area contributed by atoms with Crippen LogP contribution in [0, 0.1) is 0 Å². The molecule has 0 radical (unpaired) electrons. The Morgan fingerprint density at radius 3 is 2.22 bits per heavy atom. The van der Waals surface area contributed by atoms with E-state index in [0.717, 1.165) is 0 Å². The first-order valence-corrected chi connectivity index (χ1v) is 4.73. The van der Waals surface area contributed by atoms with Crippen molar-refractivity contribution < 1.29 is 31.4 Å². The minimum Gasteiger partial charge on any atom is -0.395 e. The Labute approximate surface area is 102 Å². The Bertz CT molecular complexity index is 551. The topological polar surface area (TPSA) is 30.8 Å². The minimum atomic E-state index is -4.79. The van der Waals surface area contributed by atoms with Crippen LogP contribution in [-0.2, 0) is 6.18 Å². The van der Waals surface area contributed by atoms with Crippen LogP contribution in [-0.4, -0.2) is 11.5 Å². The van der Waals surface area contributed by atoms with Crippen molar-refractivity contribution >= 4 is 23.1 Å². The summed E-state index contributed by atoms with van der Waals surface area (Å²) in [6, 6.07) is 1.04. The molecule has 0 aromatic heterocycles. The van der Waals surface area contributed by atoms with E-state index in [-0.39, 0.29) is 0 Å². The fourth-order valence-corrected chi connectivity index (χ4v) is 1.45. The number of aliphatic imine (C=N–C) groups is 1. The molecule has 3 nitrogen and oxygen atoms in total. The summed E-state index contributed by atoms with van der Waals surface area (Å²) in [5, 5.41) is 1.73. The lowest BCUT2D eigenvalue weighted by molar-refractivity contribution is -0.286. The summed E-state index contributed by atoms with van der Waals surface area (Å²) in [6.45, 7) is 0. The molecule has 96 valence electrons. The lowest BCUT2D eigenvalue weighted by Gasteiger charge is -2.09. The molecule has 0 saturated carbocycles. The number of isothiocyanates is 1. The molecule has 1 aliphatic rings. The predicted octanol–water partition coefficient (Wildman–Crippen LogP) is 3.76. The summed E-state index contributed by atoms with van der Waals surface area (Å²) in [4.78, 5) is 3.16. The Morgan fingerprint density at radius 1 is 1.17 bits per heavy atom. The van der Waals surface area contributed by atoms with Crippen LogP contribution < -0.4 is 9.47 Å². The van der Waals surface area contributed by atoms with Crippen molar-refractivity contribution in [2.75, 3.05) is 0 Å². The maximum atomic E-state index is 12.7. The van der Waals surface area contributed by atoms with Gasteiger partial charge in [-0.25, -0.2) is 0 Å². The Morgan fingerprint density at radius 2 is 1.72 bits per heavy atom.